The fourth-order valence-electron chi connectivity index (χ4n) is 10.3. The molecule has 0 aromatic carbocycles. The van der Waals surface area contributed by atoms with Crippen LogP contribution in [0, 0.1) is 46.8 Å². The van der Waals surface area contributed by atoms with Crippen molar-refractivity contribution in [3.8, 4) is 0 Å². The highest BCUT2D eigenvalue weighted by molar-refractivity contribution is 5.86. The van der Waals surface area contributed by atoms with Gasteiger partial charge in [0.15, 0.2) is 6.29 Å². The van der Waals surface area contributed by atoms with Crippen molar-refractivity contribution in [3.05, 3.63) is 0 Å². The second-order valence-electron chi connectivity index (χ2n) is 18.7. The van der Waals surface area contributed by atoms with E-state index in [1.807, 2.05) is 39.6 Å². The molecule has 0 radical (unpaired) electrons. The summed E-state index contributed by atoms with van der Waals surface area (Å²) in [5.74, 6) is -5.38. The molecule has 1 aliphatic carbocycles. The minimum Gasteiger partial charge on any atom is -0.481 e. The number of aliphatic carboxylic acids is 1. The number of likely N-dealkylation sites (N-methyl/N-ethyl adjacent to an activating group) is 1. The van der Waals surface area contributed by atoms with Gasteiger partial charge in [0.05, 0.1) is 53.6 Å². The van der Waals surface area contributed by atoms with Gasteiger partial charge in [-0.05, 0) is 85.1 Å². The molecule has 4 aliphatic rings. The van der Waals surface area contributed by atoms with Crippen molar-refractivity contribution in [2.24, 2.45) is 41.4 Å². The van der Waals surface area contributed by atoms with Crippen molar-refractivity contribution in [1.29, 1.82) is 5.41 Å². The number of hydrogen-bond donors (Lipinski definition) is 6. The number of rotatable bonds is 10. The molecule has 4 fully saturated rings. The van der Waals surface area contributed by atoms with E-state index in [4.69, 9.17) is 28.4 Å². The topological polar surface area (TPSA) is 218 Å². The molecule has 20 atom stereocenters. The summed E-state index contributed by atoms with van der Waals surface area (Å²) in [5.41, 5.74) is -3.97. The first-order valence-corrected chi connectivity index (χ1v) is 20.9. The fourth-order valence-corrected chi connectivity index (χ4v) is 10.3. The predicted octanol–water partition coefficient (Wildman–Crippen LogP) is 3.25. The number of nitrogens with zero attached hydrogens (tertiary/aromatic N) is 1. The summed E-state index contributed by atoms with van der Waals surface area (Å²) < 4.78 is 38.4. The number of aliphatic hydroxyl groups is 4. The number of carbonyl (C=O) groups is 2. The van der Waals surface area contributed by atoms with Gasteiger partial charge in [-0.3, -0.25) is 9.59 Å². The minimum atomic E-state index is -1.89. The monoisotopic (exact) mass is 815 g/mol. The van der Waals surface area contributed by atoms with Gasteiger partial charge in [0.1, 0.15) is 23.9 Å². The van der Waals surface area contributed by atoms with E-state index in [-0.39, 0.29) is 37.0 Å². The lowest BCUT2D eigenvalue weighted by Crippen LogP contribution is -2.62. The van der Waals surface area contributed by atoms with E-state index in [1.165, 1.54) is 14.0 Å². The third-order valence-corrected chi connectivity index (χ3v) is 14.4. The van der Waals surface area contributed by atoms with Crippen molar-refractivity contribution in [2.75, 3.05) is 27.8 Å². The Labute approximate surface area is 339 Å². The second-order valence-corrected chi connectivity index (χ2v) is 18.7. The zero-order valence-corrected chi connectivity index (χ0v) is 36.5. The number of carboxylic acids is 1. The third-order valence-electron chi connectivity index (χ3n) is 14.4. The van der Waals surface area contributed by atoms with Crippen LogP contribution in [0.3, 0.4) is 0 Å². The molecule has 1 unspecified atom stereocenters. The van der Waals surface area contributed by atoms with Gasteiger partial charge in [0, 0.05) is 50.8 Å². The molecular formula is C42H74N2O13. The number of aliphatic hydroxyl groups excluding tert-OH is 3. The number of carbonyl (C=O) groups excluding carboxylic acids is 1. The molecule has 15 nitrogen and oxygen atoms in total. The number of ether oxygens (including phenoxy) is 6. The van der Waals surface area contributed by atoms with Crippen molar-refractivity contribution < 1.29 is 63.5 Å². The lowest BCUT2D eigenvalue weighted by Gasteiger charge is -2.52. The molecule has 1 saturated carbocycles. The van der Waals surface area contributed by atoms with E-state index in [1.54, 1.807) is 41.7 Å². The molecule has 0 aromatic rings. The molecule has 57 heavy (non-hydrogen) atoms. The first-order valence-electron chi connectivity index (χ1n) is 20.9. The Hall–Kier alpha value is -1.79. The van der Waals surface area contributed by atoms with Crippen molar-refractivity contribution in [3.63, 3.8) is 0 Å². The Morgan fingerprint density at radius 1 is 0.930 bits per heavy atom. The van der Waals surface area contributed by atoms with E-state index in [9.17, 15) is 40.5 Å². The van der Waals surface area contributed by atoms with Gasteiger partial charge in [0.25, 0.3) is 0 Å². The van der Waals surface area contributed by atoms with Crippen LogP contribution in [0.1, 0.15) is 101 Å². The molecular weight excluding hydrogens is 740 g/mol. The van der Waals surface area contributed by atoms with Gasteiger partial charge in [-0.25, -0.2) is 0 Å². The van der Waals surface area contributed by atoms with Crippen LogP contribution in [0.2, 0.25) is 0 Å². The fraction of sp³-hybridized carbons (Fsp3) is 0.929. The summed E-state index contributed by atoms with van der Waals surface area (Å²) in [6.07, 6.45) is -6.78. The normalized spacial score (nSPS) is 49.3. The molecule has 3 aliphatic heterocycles. The molecule has 3 saturated heterocycles. The maximum Gasteiger partial charge on any atom is 0.309 e. The lowest BCUT2D eigenvalue weighted by molar-refractivity contribution is -0.305. The molecule has 330 valence electrons. The first-order chi connectivity index (χ1) is 26.4. The van der Waals surface area contributed by atoms with E-state index >= 15 is 0 Å². The number of carboxylic acid groups (broad SMARTS) is 1. The van der Waals surface area contributed by atoms with Gasteiger partial charge in [-0.15, -0.1) is 0 Å². The average Bonchev–Trinajstić information content (AvgIpc) is 3.93. The Morgan fingerprint density at radius 2 is 1.54 bits per heavy atom. The van der Waals surface area contributed by atoms with Gasteiger partial charge in [-0.1, -0.05) is 34.6 Å². The van der Waals surface area contributed by atoms with Crippen LogP contribution >= 0.6 is 0 Å². The SMILES string of the molecule is CC[C@H]1OC(=O)[C@H](C)C([C@H]2C[C@@](C)(OC)[C@@H](O)[C@H](C)O2)[C@H](C)[C@@H](O[C@@H]2O[C@H](C)C[C@H](N(C)C[C@H]3C[C@@H]3C(=O)O)[C@H]2O)[C@](C)(OC)C[C@@H](C)C(=N)[C@H](C)[C@@H](O)[C@]1(C)O. The highest BCUT2D eigenvalue weighted by Gasteiger charge is 2.56. The van der Waals surface area contributed by atoms with Crippen LogP contribution in [-0.2, 0) is 38.0 Å². The Kier molecular flexibility index (Phi) is 15.5. The summed E-state index contributed by atoms with van der Waals surface area (Å²) in [5, 5.41) is 65.4. The molecule has 3 heterocycles. The highest BCUT2D eigenvalue weighted by atomic mass is 16.7. The number of hydrogen-bond acceptors (Lipinski definition) is 14. The summed E-state index contributed by atoms with van der Waals surface area (Å²) in [4.78, 5) is 28.0. The van der Waals surface area contributed by atoms with Crippen LogP contribution in [-0.4, -0.2) is 154 Å². The van der Waals surface area contributed by atoms with Crippen molar-refractivity contribution >= 4 is 17.7 Å². The van der Waals surface area contributed by atoms with Crippen molar-refractivity contribution in [2.45, 2.75) is 179 Å². The molecule has 0 aromatic heterocycles. The van der Waals surface area contributed by atoms with Gasteiger partial charge in [0.2, 0.25) is 0 Å². The molecule has 15 heteroatoms. The van der Waals surface area contributed by atoms with Gasteiger partial charge < -0.3 is 64.3 Å². The number of methoxy groups -OCH3 is 2. The number of esters is 1. The maximum atomic E-state index is 14.4. The van der Waals surface area contributed by atoms with Crippen LogP contribution in [0.5, 0.6) is 0 Å². The van der Waals surface area contributed by atoms with E-state index in [0.717, 1.165) is 0 Å². The number of nitrogens with one attached hydrogen (secondary N) is 1. The highest BCUT2D eigenvalue weighted by Crippen LogP contribution is 2.46. The van der Waals surface area contributed by atoms with Crippen LogP contribution in [0.15, 0.2) is 0 Å². The number of cyclic esters (lactones) is 1. The average molecular weight is 815 g/mol. The zero-order valence-electron chi connectivity index (χ0n) is 36.5. The quantitative estimate of drug-likeness (QED) is 0.175. The summed E-state index contributed by atoms with van der Waals surface area (Å²) in [6.45, 7) is 18.2. The summed E-state index contributed by atoms with van der Waals surface area (Å²) >= 11 is 0. The minimum absolute atomic E-state index is 0.0153. The smallest absolute Gasteiger partial charge is 0.309 e. The van der Waals surface area contributed by atoms with Crippen LogP contribution < -0.4 is 0 Å². The molecule has 0 bridgehead atoms. The van der Waals surface area contributed by atoms with E-state index < -0.39 is 119 Å². The van der Waals surface area contributed by atoms with E-state index in [2.05, 4.69) is 0 Å². The lowest BCUT2D eigenvalue weighted by atomic mass is 9.67. The molecule has 0 amide bonds. The summed E-state index contributed by atoms with van der Waals surface area (Å²) in [6, 6.07) is -0.416. The predicted molar refractivity (Wildman–Crippen MR) is 211 cm³/mol. The summed E-state index contributed by atoms with van der Waals surface area (Å²) in [7, 11) is 4.95. The second kappa shape index (κ2) is 18.4. The molecule has 4 rings (SSSR count). The zero-order chi connectivity index (χ0) is 43.1. The van der Waals surface area contributed by atoms with Gasteiger partial charge in [-0.2, -0.15) is 0 Å². The van der Waals surface area contributed by atoms with Crippen LogP contribution in [0.25, 0.3) is 0 Å². The standard InChI is InChI=1S/C42H74N2O13/c1-14-30-42(10,51)34(46)24(6)32(43)20(2)17-41(9,53-13)36(57-39-33(45)28(15-21(3)54-39)44(11)19-26-16-27(26)37(48)49)22(4)31(23(5)38(50)56-30)29-18-40(8,52-12)35(47)25(7)55-29/h20-31,33-36,39,43,45-47,51H,14-19H2,1-13H3,(H,48,49)/t20-,21-,22+,23-,24+,25+,26-,27+,28+,29-,30-,31?,33-,34-,35+,36-,39+,40-,41-,42-/m1/s1. The van der Waals surface area contributed by atoms with Crippen molar-refractivity contribution in [1.82, 2.24) is 4.90 Å². The largest absolute Gasteiger partial charge is 0.481 e. The third kappa shape index (κ3) is 9.89. The van der Waals surface area contributed by atoms with E-state index in [0.29, 0.717) is 19.4 Å². The Bertz CT molecular complexity index is 1400. The Balaban J connectivity index is 1.84. The first kappa shape index (κ1) is 47.9. The van der Waals surface area contributed by atoms with Gasteiger partial charge >= 0.3 is 11.9 Å². The molecule has 6 N–H and O–H groups in total. The molecule has 0 spiro atoms. The Morgan fingerprint density at radius 3 is 2.09 bits per heavy atom. The maximum absolute atomic E-state index is 14.4. The van der Waals surface area contributed by atoms with Crippen LogP contribution in [0.4, 0.5) is 0 Å².